The van der Waals surface area contributed by atoms with E-state index in [9.17, 15) is 14.0 Å². The molecule has 0 radical (unpaired) electrons. The molecule has 182 valence electrons. The van der Waals surface area contributed by atoms with Crippen molar-refractivity contribution in [1.82, 2.24) is 0 Å². The number of halogens is 1. The van der Waals surface area contributed by atoms with Crippen molar-refractivity contribution in [1.29, 1.82) is 0 Å². The smallest absolute Gasteiger partial charge is 0.343 e. The molecule has 2 saturated carbocycles. The fraction of sp³-hybridized carbons (Fsp3) is 0.517. The molecule has 0 spiro atoms. The highest BCUT2D eigenvalue weighted by Gasteiger charge is 2.36. The first kappa shape index (κ1) is 24.4. The zero-order valence-electron chi connectivity index (χ0n) is 20.0. The standard InChI is InChI=1S/C29H35FO4/c1-2-3-4-6-20-9-10-23-19-27(16-13-22(23)17-20)34-28(31)21-11-14-26(15-12-21)33-29(32)24-7-5-8-25(30)18-24/h5,7-8,11-12,14-15,18,20,22-23,27H,2-4,6,9-10,13,16-17,19H2,1H3/t20-,22+,23-,27+/m0/s1. The van der Waals surface area contributed by atoms with Crippen LogP contribution >= 0.6 is 0 Å². The topological polar surface area (TPSA) is 52.6 Å². The van der Waals surface area contributed by atoms with Gasteiger partial charge in [-0.15, -0.1) is 0 Å². The van der Waals surface area contributed by atoms with Gasteiger partial charge < -0.3 is 9.47 Å². The van der Waals surface area contributed by atoms with E-state index in [2.05, 4.69) is 6.92 Å². The molecule has 0 N–H and O–H groups in total. The highest BCUT2D eigenvalue weighted by molar-refractivity contribution is 5.92. The first-order valence-electron chi connectivity index (χ1n) is 12.8. The zero-order valence-corrected chi connectivity index (χ0v) is 20.0. The normalized spacial score (nSPS) is 24.2. The van der Waals surface area contributed by atoms with Gasteiger partial charge in [0.05, 0.1) is 11.1 Å². The van der Waals surface area contributed by atoms with Crippen molar-refractivity contribution in [2.75, 3.05) is 0 Å². The van der Waals surface area contributed by atoms with Gasteiger partial charge in [-0.05, 0) is 92.3 Å². The maximum Gasteiger partial charge on any atom is 0.343 e. The van der Waals surface area contributed by atoms with E-state index in [1.807, 2.05) is 0 Å². The highest BCUT2D eigenvalue weighted by Crippen LogP contribution is 2.44. The lowest BCUT2D eigenvalue weighted by Crippen LogP contribution is -2.35. The van der Waals surface area contributed by atoms with E-state index in [1.54, 1.807) is 24.3 Å². The van der Waals surface area contributed by atoms with Gasteiger partial charge in [0.1, 0.15) is 17.7 Å². The molecule has 0 amide bonds. The highest BCUT2D eigenvalue weighted by atomic mass is 19.1. The fourth-order valence-electron chi connectivity index (χ4n) is 5.66. The van der Waals surface area contributed by atoms with E-state index in [0.29, 0.717) is 17.2 Å². The molecule has 4 rings (SSSR count). The summed E-state index contributed by atoms with van der Waals surface area (Å²) in [6.45, 7) is 2.26. The summed E-state index contributed by atoms with van der Waals surface area (Å²) in [5.74, 6) is 1.18. The van der Waals surface area contributed by atoms with Crippen LogP contribution in [0.2, 0.25) is 0 Å². The average molecular weight is 467 g/mol. The van der Waals surface area contributed by atoms with Crippen LogP contribution in [0.15, 0.2) is 48.5 Å². The Morgan fingerprint density at radius 3 is 2.41 bits per heavy atom. The molecular formula is C29H35FO4. The van der Waals surface area contributed by atoms with Gasteiger partial charge in [-0.25, -0.2) is 14.0 Å². The monoisotopic (exact) mass is 466 g/mol. The van der Waals surface area contributed by atoms with Gasteiger partial charge >= 0.3 is 11.9 Å². The second kappa shape index (κ2) is 11.6. The van der Waals surface area contributed by atoms with Crippen LogP contribution in [0.25, 0.3) is 0 Å². The summed E-state index contributed by atoms with van der Waals surface area (Å²) in [6.07, 6.45) is 12.4. The molecule has 4 atom stereocenters. The molecule has 0 saturated heterocycles. The number of ether oxygens (including phenoxy) is 2. The average Bonchev–Trinajstić information content (AvgIpc) is 2.84. The Morgan fingerprint density at radius 2 is 1.65 bits per heavy atom. The molecule has 0 unspecified atom stereocenters. The molecule has 0 aromatic heterocycles. The Kier molecular flexibility index (Phi) is 8.36. The summed E-state index contributed by atoms with van der Waals surface area (Å²) in [5.41, 5.74) is 0.571. The number of hydrogen-bond acceptors (Lipinski definition) is 4. The number of esters is 2. The minimum Gasteiger partial charge on any atom is -0.459 e. The number of benzene rings is 2. The summed E-state index contributed by atoms with van der Waals surface area (Å²) >= 11 is 0. The molecule has 2 aromatic rings. The Labute approximate surface area is 201 Å². The summed E-state index contributed by atoms with van der Waals surface area (Å²) in [7, 11) is 0. The van der Waals surface area contributed by atoms with Crippen molar-refractivity contribution in [3.8, 4) is 5.75 Å². The van der Waals surface area contributed by atoms with Crippen molar-refractivity contribution >= 4 is 11.9 Å². The lowest BCUT2D eigenvalue weighted by molar-refractivity contribution is -0.00628. The van der Waals surface area contributed by atoms with E-state index in [4.69, 9.17) is 9.47 Å². The van der Waals surface area contributed by atoms with Crippen molar-refractivity contribution in [3.63, 3.8) is 0 Å². The predicted molar refractivity (Wildman–Crippen MR) is 129 cm³/mol. The third kappa shape index (κ3) is 6.46. The lowest BCUT2D eigenvalue weighted by Gasteiger charge is -2.42. The van der Waals surface area contributed by atoms with Crippen LogP contribution in [0, 0.1) is 23.6 Å². The Hall–Kier alpha value is -2.69. The number of hydrogen-bond donors (Lipinski definition) is 0. The summed E-state index contributed by atoms with van der Waals surface area (Å²) in [5, 5.41) is 0. The molecule has 2 fully saturated rings. The van der Waals surface area contributed by atoms with Crippen molar-refractivity contribution in [2.45, 2.75) is 77.2 Å². The van der Waals surface area contributed by atoms with Gasteiger partial charge in [0.15, 0.2) is 0 Å². The minimum absolute atomic E-state index is 0.0177. The molecule has 2 aliphatic rings. The van der Waals surface area contributed by atoms with Crippen LogP contribution in [0.4, 0.5) is 4.39 Å². The van der Waals surface area contributed by atoms with Crippen molar-refractivity contribution < 1.29 is 23.5 Å². The molecule has 34 heavy (non-hydrogen) atoms. The number of carbonyl (C=O) groups is 2. The predicted octanol–water partition coefficient (Wildman–Crippen LogP) is 7.37. The Morgan fingerprint density at radius 1 is 0.882 bits per heavy atom. The van der Waals surface area contributed by atoms with Gasteiger partial charge in [-0.1, -0.05) is 45.1 Å². The van der Waals surface area contributed by atoms with Crippen molar-refractivity contribution in [2.24, 2.45) is 17.8 Å². The molecule has 0 bridgehead atoms. The molecule has 2 aromatic carbocycles. The molecule has 0 heterocycles. The fourth-order valence-corrected chi connectivity index (χ4v) is 5.66. The van der Waals surface area contributed by atoms with E-state index in [-0.39, 0.29) is 17.6 Å². The minimum atomic E-state index is -0.647. The van der Waals surface area contributed by atoms with Crippen LogP contribution < -0.4 is 4.74 Å². The molecule has 0 aliphatic heterocycles. The van der Waals surface area contributed by atoms with Crippen LogP contribution in [0.1, 0.15) is 91.8 Å². The first-order chi connectivity index (χ1) is 16.5. The van der Waals surface area contributed by atoms with E-state index in [0.717, 1.165) is 37.2 Å². The largest absolute Gasteiger partial charge is 0.459 e. The van der Waals surface area contributed by atoms with Crippen LogP contribution in [0.3, 0.4) is 0 Å². The van der Waals surface area contributed by atoms with Gasteiger partial charge in [0, 0.05) is 0 Å². The number of unbranched alkanes of at least 4 members (excludes halogenated alkanes) is 2. The van der Waals surface area contributed by atoms with E-state index < -0.39 is 11.8 Å². The van der Waals surface area contributed by atoms with Crippen LogP contribution in [0.5, 0.6) is 5.75 Å². The summed E-state index contributed by atoms with van der Waals surface area (Å²) < 4.78 is 24.4. The summed E-state index contributed by atoms with van der Waals surface area (Å²) in [6, 6.07) is 11.7. The first-order valence-corrected chi connectivity index (χ1v) is 12.8. The number of carbonyl (C=O) groups excluding carboxylic acids is 2. The van der Waals surface area contributed by atoms with Crippen LogP contribution in [-0.2, 0) is 4.74 Å². The third-order valence-electron chi connectivity index (χ3n) is 7.52. The molecule has 2 aliphatic carbocycles. The molecular weight excluding hydrogens is 431 g/mol. The molecule has 4 nitrogen and oxygen atoms in total. The maximum atomic E-state index is 13.3. The number of fused-ring (bicyclic) bond motifs is 1. The van der Waals surface area contributed by atoms with Gasteiger partial charge in [0.2, 0.25) is 0 Å². The van der Waals surface area contributed by atoms with Gasteiger partial charge in [0.25, 0.3) is 0 Å². The quantitative estimate of drug-likeness (QED) is 0.232. The second-order valence-electron chi connectivity index (χ2n) is 9.96. The van der Waals surface area contributed by atoms with Gasteiger partial charge in [-0.2, -0.15) is 0 Å². The van der Waals surface area contributed by atoms with E-state index in [1.165, 1.54) is 63.1 Å². The zero-order chi connectivity index (χ0) is 23.9. The van der Waals surface area contributed by atoms with Gasteiger partial charge in [-0.3, -0.25) is 0 Å². The lowest BCUT2D eigenvalue weighted by atomic mass is 9.66. The Bertz CT molecular complexity index is 970. The molecule has 5 heteroatoms. The maximum absolute atomic E-state index is 13.3. The summed E-state index contributed by atoms with van der Waals surface area (Å²) in [4.78, 5) is 24.9. The third-order valence-corrected chi connectivity index (χ3v) is 7.52. The van der Waals surface area contributed by atoms with Crippen LogP contribution in [-0.4, -0.2) is 18.0 Å². The second-order valence-corrected chi connectivity index (χ2v) is 9.96. The SMILES string of the molecule is CCCCC[C@H]1CC[C@H]2C[C@H](OC(=O)c3ccc(OC(=O)c4cccc(F)c4)cc3)CC[C@@H]2C1. The Balaban J connectivity index is 1.25. The number of rotatable bonds is 8. The van der Waals surface area contributed by atoms with E-state index >= 15 is 0 Å². The van der Waals surface area contributed by atoms with Crippen molar-refractivity contribution in [3.05, 3.63) is 65.5 Å².